The summed E-state index contributed by atoms with van der Waals surface area (Å²) < 4.78 is 0. The second-order valence-corrected chi connectivity index (χ2v) is 9.83. The van der Waals surface area contributed by atoms with Crippen LogP contribution in [-0.4, -0.2) is 27.0 Å². The van der Waals surface area contributed by atoms with Crippen molar-refractivity contribution >= 4 is 23.3 Å². The van der Waals surface area contributed by atoms with E-state index in [-0.39, 0.29) is 17.8 Å². The van der Waals surface area contributed by atoms with Crippen LogP contribution in [0.1, 0.15) is 122 Å². The van der Waals surface area contributed by atoms with Gasteiger partial charge in [0.05, 0.1) is 23.1 Å². The second-order valence-electron chi connectivity index (χ2n) is 9.83. The van der Waals surface area contributed by atoms with Crippen molar-refractivity contribution < 1.29 is 24.7 Å². The Balaban J connectivity index is 2.17. The van der Waals surface area contributed by atoms with Gasteiger partial charge in [-0.1, -0.05) is 110 Å². The van der Waals surface area contributed by atoms with Gasteiger partial charge in [-0.15, -0.1) is 0 Å². The monoisotopic (exact) mass is 506 g/mol. The number of anilines is 1. The number of phenolic OH excluding ortho intramolecular Hbond substituents is 1. The van der Waals surface area contributed by atoms with E-state index in [9.17, 15) is 29.9 Å². The lowest BCUT2D eigenvalue weighted by Gasteiger charge is -2.15. The molecule has 8 nitrogen and oxygen atoms in total. The summed E-state index contributed by atoms with van der Waals surface area (Å²) in [6.45, 7) is 2.25. The molecule has 1 aromatic rings. The van der Waals surface area contributed by atoms with Crippen LogP contribution in [0.2, 0.25) is 0 Å². The molecule has 1 unspecified atom stereocenters. The summed E-state index contributed by atoms with van der Waals surface area (Å²) in [5.74, 6) is -2.69. The number of nitro benzene ring substituents is 1. The highest BCUT2D eigenvalue weighted by atomic mass is 16.6. The minimum Gasteiger partial charge on any atom is -0.506 e. The standard InChI is InChI=1S/C28H46N2O6/c1-2-3-4-5-6-7-8-9-10-11-12-13-14-15-16-17-18-23(21-27(32)33)28(34)29-25-20-19-24(30(35)36)22-26(25)31/h19-20,22-23,31H,2-18,21H2,1H3,(H,29,34)(H,32,33). The van der Waals surface area contributed by atoms with Gasteiger partial charge in [0.25, 0.3) is 5.69 Å². The van der Waals surface area contributed by atoms with E-state index in [4.69, 9.17) is 0 Å². The first-order valence-electron chi connectivity index (χ1n) is 13.8. The molecule has 0 aliphatic rings. The Kier molecular flexibility index (Phi) is 17.0. The summed E-state index contributed by atoms with van der Waals surface area (Å²) in [5, 5.41) is 32.4. The molecule has 1 aromatic carbocycles. The Hall–Kier alpha value is -2.64. The maximum absolute atomic E-state index is 12.6. The molecule has 1 amide bonds. The average molecular weight is 507 g/mol. The lowest BCUT2D eigenvalue weighted by atomic mass is 9.96. The molecule has 8 heteroatoms. The zero-order chi connectivity index (χ0) is 26.6. The minimum atomic E-state index is -1.06. The van der Waals surface area contributed by atoms with Crippen LogP contribution in [-0.2, 0) is 9.59 Å². The molecule has 0 aliphatic carbocycles. The van der Waals surface area contributed by atoms with Gasteiger partial charge in [-0.05, 0) is 12.5 Å². The summed E-state index contributed by atoms with van der Waals surface area (Å²) in [6.07, 6.45) is 20.1. The van der Waals surface area contributed by atoms with Crippen LogP contribution in [0.3, 0.4) is 0 Å². The van der Waals surface area contributed by atoms with Gasteiger partial charge in [0.2, 0.25) is 5.91 Å². The molecular formula is C28H46N2O6. The topological polar surface area (TPSA) is 130 Å². The van der Waals surface area contributed by atoms with Gasteiger partial charge in [0, 0.05) is 12.0 Å². The number of carbonyl (C=O) groups excluding carboxylic acids is 1. The van der Waals surface area contributed by atoms with E-state index in [0.717, 1.165) is 31.7 Å². The molecule has 204 valence electrons. The number of phenols is 1. The molecule has 0 saturated carbocycles. The van der Waals surface area contributed by atoms with Crippen LogP contribution >= 0.6 is 0 Å². The molecular weight excluding hydrogens is 460 g/mol. The van der Waals surface area contributed by atoms with Crippen LogP contribution in [0.15, 0.2) is 18.2 Å². The maximum atomic E-state index is 12.6. The number of non-ortho nitro benzene ring substituents is 1. The van der Waals surface area contributed by atoms with Crippen LogP contribution < -0.4 is 5.32 Å². The Morgan fingerprint density at radius 3 is 1.75 bits per heavy atom. The fourth-order valence-corrected chi connectivity index (χ4v) is 4.45. The number of aliphatic carboxylic acids is 1. The molecule has 0 radical (unpaired) electrons. The molecule has 0 bridgehead atoms. The quantitative estimate of drug-likeness (QED) is 0.0632. The third-order valence-corrected chi connectivity index (χ3v) is 6.65. The maximum Gasteiger partial charge on any atom is 0.304 e. The van der Waals surface area contributed by atoms with Crippen LogP contribution in [0.5, 0.6) is 5.75 Å². The van der Waals surface area contributed by atoms with Crippen LogP contribution in [0.25, 0.3) is 0 Å². The number of nitro groups is 1. The fourth-order valence-electron chi connectivity index (χ4n) is 4.45. The molecule has 0 heterocycles. The van der Waals surface area contributed by atoms with Crippen molar-refractivity contribution in [2.75, 3.05) is 5.32 Å². The highest BCUT2D eigenvalue weighted by molar-refractivity contribution is 5.95. The first kappa shape index (κ1) is 31.4. The normalized spacial score (nSPS) is 11.8. The summed E-state index contributed by atoms with van der Waals surface area (Å²) in [5.41, 5.74) is -0.256. The molecule has 36 heavy (non-hydrogen) atoms. The molecule has 0 fully saturated rings. The second kappa shape index (κ2) is 19.5. The molecule has 0 aliphatic heterocycles. The molecule has 0 aromatic heterocycles. The Bertz CT molecular complexity index is 783. The van der Waals surface area contributed by atoms with Gasteiger partial charge in [-0.3, -0.25) is 19.7 Å². The van der Waals surface area contributed by atoms with E-state index in [1.807, 2.05) is 0 Å². The van der Waals surface area contributed by atoms with Gasteiger partial charge in [0.15, 0.2) is 0 Å². The number of unbranched alkanes of at least 4 members (excludes halogenated alkanes) is 15. The zero-order valence-electron chi connectivity index (χ0n) is 22.0. The van der Waals surface area contributed by atoms with Crippen LogP contribution in [0, 0.1) is 16.0 Å². The van der Waals surface area contributed by atoms with E-state index in [0.29, 0.717) is 6.42 Å². The van der Waals surface area contributed by atoms with Crippen molar-refractivity contribution in [3.05, 3.63) is 28.3 Å². The number of rotatable bonds is 22. The Labute approximate surface area is 216 Å². The number of benzene rings is 1. The first-order valence-corrected chi connectivity index (χ1v) is 13.8. The number of carbonyl (C=O) groups is 2. The van der Waals surface area contributed by atoms with Crippen molar-refractivity contribution in [3.63, 3.8) is 0 Å². The van der Waals surface area contributed by atoms with Gasteiger partial charge in [0.1, 0.15) is 5.75 Å². The average Bonchev–Trinajstić information content (AvgIpc) is 2.83. The van der Waals surface area contributed by atoms with E-state index in [2.05, 4.69) is 12.2 Å². The van der Waals surface area contributed by atoms with Gasteiger partial charge in [-0.25, -0.2) is 0 Å². The van der Waals surface area contributed by atoms with Crippen LogP contribution in [0.4, 0.5) is 11.4 Å². The Morgan fingerprint density at radius 1 is 0.861 bits per heavy atom. The molecule has 0 saturated heterocycles. The van der Waals surface area contributed by atoms with E-state index in [1.54, 1.807) is 0 Å². The minimum absolute atomic E-state index is 0.0352. The molecule has 0 spiro atoms. The number of carboxylic acid groups (broad SMARTS) is 1. The van der Waals surface area contributed by atoms with E-state index >= 15 is 0 Å². The highest BCUT2D eigenvalue weighted by Crippen LogP contribution is 2.29. The SMILES string of the molecule is CCCCCCCCCCCCCCCCCCC(CC(=O)O)C(=O)Nc1ccc([N+](=O)[O-])cc1O. The van der Waals surface area contributed by atoms with Crippen molar-refractivity contribution in [1.82, 2.24) is 0 Å². The van der Waals surface area contributed by atoms with E-state index in [1.165, 1.54) is 89.2 Å². The van der Waals surface area contributed by atoms with Crippen molar-refractivity contribution in [1.29, 1.82) is 0 Å². The number of hydrogen-bond donors (Lipinski definition) is 3. The number of carboxylic acids is 1. The molecule has 1 rings (SSSR count). The molecule has 1 atom stereocenters. The van der Waals surface area contributed by atoms with Crippen molar-refractivity contribution in [2.24, 2.45) is 5.92 Å². The fraction of sp³-hybridized carbons (Fsp3) is 0.714. The summed E-state index contributed by atoms with van der Waals surface area (Å²) in [6, 6.07) is 3.38. The lowest BCUT2D eigenvalue weighted by molar-refractivity contribution is -0.384. The molecule has 3 N–H and O–H groups in total. The summed E-state index contributed by atoms with van der Waals surface area (Å²) in [4.78, 5) is 34.0. The summed E-state index contributed by atoms with van der Waals surface area (Å²) in [7, 11) is 0. The predicted octanol–water partition coefficient (Wildman–Crippen LogP) is 7.98. The smallest absolute Gasteiger partial charge is 0.304 e. The first-order chi connectivity index (χ1) is 17.3. The number of nitrogens with zero attached hydrogens (tertiary/aromatic N) is 1. The number of amides is 1. The third kappa shape index (κ3) is 14.7. The van der Waals surface area contributed by atoms with Crippen molar-refractivity contribution in [3.8, 4) is 5.75 Å². The number of nitrogens with one attached hydrogen (secondary N) is 1. The van der Waals surface area contributed by atoms with Crippen molar-refractivity contribution in [2.45, 2.75) is 122 Å². The Morgan fingerprint density at radius 2 is 1.33 bits per heavy atom. The van der Waals surface area contributed by atoms with E-state index < -0.39 is 28.5 Å². The third-order valence-electron chi connectivity index (χ3n) is 6.65. The predicted molar refractivity (Wildman–Crippen MR) is 143 cm³/mol. The number of hydrogen-bond acceptors (Lipinski definition) is 5. The lowest BCUT2D eigenvalue weighted by Crippen LogP contribution is -2.25. The largest absolute Gasteiger partial charge is 0.506 e. The van der Waals surface area contributed by atoms with Gasteiger partial charge >= 0.3 is 5.97 Å². The number of aromatic hydroxyl groups is 1. The zero-order valence-corrected chi connectivity index (χ0v) is 22.0. The van der Waals surface area contributed by atoms with Gasteiger partial charge in [-0.2, -0.15) is 0 Å². The van der Waals surface area contributed by atoms with Gasteiger partial charge < -0.3 is 15.5 Å². The summed E-state index contributed by atoms with van der Waals surface area (Å²) >= 11 is 0. The highest BCUT2D eigenvalue weighted by Gasteiger charge is 2.23.